The Kier molecular flexibility index (Phi) is 4.31. The number of ketones is 1. The average molecular weight is 322 g/mol. The number of benzene rings is 1. The van der Waals surface area contributed by atoms with Gasteiger partial charge in [0.2, 0.25) is 0 Å². The maximum atomic E-state index is 14.1. The molecule has 0 bridgehead atoms. The maximum Gasteiger partial charge on any atom is 0.177 e. The SMILES string of the molecule is COc1cccc(CC(=O)c2cc3c(s2)CCSC3)c1F. The van der Waals surface area contributed by atoms with E-state index in [0.717, 1.165) is 22.8 Å². The number of carbonyl (C=O) groups is 1. The van der Waals surface area contributed by atoms with Crippen molar-refractivity contribution in [2.45, 2.75) is 18.6 Å². The smallest absolute Gasteiger partial charge is 0.177 e. The predicted molar refractivity (Wildman–Crippen MR) is 85.2 cm³/mol. The lowest BCUT2D eigenvalue weighted by Gasteiger charge is -2.08. The van der Waals surface area contributed by atoms with E-state index in [2.05, 4.69) is 0 Å². The van der Waals surface area contributed by atoms with Gasteiger partial charge in [-0.25, -0.2) is 4.39 Å². The largest absolute Gasteiger partial charge is 0.494 e. The zero-order valence-electron chi connectivity index (χ0n) is 11.6. The summed E-state index contributed by atoms with van der Waals surface area (Å²) in [4.78, 5) is 14.4. The highest BCUT2D eigenvalue weighted by atomic mass is 32.2. The van der Waals surface area contributed by atoms with Crippen molar-refractivity contribution < 1.29 is 13.9 Å². The predicted octanol–water partition coefficient (Wildman–Crippen LogP) is 4.11. The molecule has 0 aliphatic carbocycles. The Morgan fingerprint density at radius 3 is 3.05 bits per heavy atom. The molecule has 0 unspecified atom stereocenters. The lowest BCUT2D eigenvalue weighted by Crippen LogP contribution is -2.04. The number of hydrogen-bond acceptors (Lipinski definition) is 4. The van der Waals surface area contributed by atoms with Gasteiger partial charge in [-0.3, -0.25) is 4.79 Å². The number of rotatable bonds is 4. The van der Waals surface area contributed by atoms with E-state index >= 15 is 0 Å². The van der Waals surface area contributed by atoms with Gasteiger partial charge in [0.25, 0.3) is 0 Å². The van der Waals surface area contributed by atoms with Crippen molar-refractivity contribution in [1.82, 2.24) is 0 Å². The van der Waals surface area contributed by atoms with Crippen LogP contribution in [0.3, 0.4) is 0 Å². The second kappa shape index (κ2) is 6.20. The van der Waals surface area contributed by atoms with Crippen molar-refractivity contribution in [3.63, 3.8) is 0 Å². The van der Waals surface area contributed by atoms with Crippen molar-refractivity contribution in [2.75, 3.05) is 12.9 Å². The summed E-state index contributed by atoms with van der Waals surface area (Å²) in [5.74, 6) is 1.82. The second-order valence-corrected chi connectivity index (χ2v) is 7.14. The van der Waals surface area contributed by atoms with Crippen LogP contribution in [0.1, 0.15) is 25.7 Å². The molecule has 1 aliphatic heterocycles. The van der Waals surface area contributed by atoms with E-state index < -0.39 is 5.82 Å². The molecule has 3 rings (SSSR count). The second-order valence-electron chi connectivity index (χ2n) is 4.89. The highest BCUT2D eigenvalue weighted by molar-refractivity contribution is 7.98. The number of aryl methyl sites for hydroxylation is 1. The summed E-state index contributed by atoms with van der Waals surface area (Å²) in [6.45, 7) is 0. The number of ether oxygens (including phenoxy) is 1. The quantitative estimate of drug-likeness (QED) is 0.792. The van der Waals surface area contributed by atoms with Gasteiger partial charge in [0, 0.05) is 17.1 Å². The van der Waals surface area contributed by atoms with Gasteiger partial charge >= 0.3 is 0 Å². The fraction of sp³-hybridized carbons (Fsp3) is 0.312. The number of Topliss-reactive ketones (excluding diaryl/α,β-unsaturated/α-hetero) is 1. The van der Waals surface area contributed by atoms with Crippen LogP contribution in [0.25, 0.3) is 0 Å². The van der Waals surface area contributed by atoms with E-state index in [0.29, 0.717) is 5.56 Å². The lowest BCUT2D eigenvalue weighted by molar-refractivity contribution is 0.0995. The van der Waals surface area contributed by atoms with Gasteiger partial charge in [-0.1, -0.05) is 12.1 Å². The van der Waals surface area contributed by atoms with Crippen molar-refractivity contribution in [1.29, 1.82) is 0 Å². The molecule has 0 saturated heterocycles. The van der Waals surface area contributed by atoms with E-state index in [1.54, 1.807) is 29.5 Å². The molecule has 0 atom stereocenters. The van der Waals surface area contributed by atoms with Gasteiger partial charge in [0.15, 0.2) is 17.3 Å². The molecule has 0 N–H and O–H groups in total. The van der Waals surface area contributed by atoms with Crippen LogP contribution in [0.2, 0.25) is 0 Å². The Morgan fingerprint density at radius 2 is 2.29 bits per heavy atom. The molecule has 21 heavy (non-hydrogen) atoms. The van der Waals surface area contributed by atoms with Gasteiger partial charge in [-0.05, 0) is 35.4 Å². The highest BCUT2D eigenvalue weighted by Gasteiger charge is 2.19. The minimum Gasteiger partial charge on any atom is -0.494 e. The summed E-state index contributed by atoms with van der Waals surface area (Å²) in [6.07, 6.45) is 1.11. The molecule has 2 nitrogen and oxygen atoms in total. The maximum absolute atomic E-state index is 14.1. The molecule has 0 amide bonds. The van der Waals surface area contributed by atoms with Crippen LogP contribution < -0.4 is 4.74 Å². The Labute approximate surface area is 131 Å². The van der Waals surface area contributed by atoms with E-state index in [1.807, 2.05) is 17.8 Å². The van der Waals surface area contributed by atoms with Crippen LogP contribution in [0.5, 0.6) is 5.75 Å². The first-order chi connectivity index (χ1) is 10.2. The van der Waals surface area contributed by atoms with Crippen LogP contribution in [0.4, 0.5) is 4.39 Å². The summed E-state index contributed by atoms with van der Waals surface area (Å²) in [7, 11) is 1.43. The standard InChI is InChI=1S/C16H15FO2S2/c1-19-13-4-2-3-10(16(13)17)7-12(18)15-8-11-9-20-6-5-14(11)21-15/h2-4,8H,5-7,9H2,1H3. The van der Waals surface area contributed by atoms with Gasteiger partial charge in [-0.2, -0.15) is 11.8 Å². The fourth-order valence-electron chi connectivity index (χ4n) is 2.40. The Balaban J connectivity index is 1.82. The summed E-state index contributed by atoms with van der Waals surface area (Å²) in [6, 6.07) is 6.89. The molecule has 1 aliphatic rings. The molecule has 5 heteroatoms. The summed E-state index contributed by atoms with van der Waals surface area (Å²) in [5, 5.41) is 0. The molecule has 110 valence electrons. The monoisotopic (exact) mass is 322 g/mol. The minimum atomic E-state index is -0.440. The van der Waals surface area contributed by atoms with E-state index in [-0.39, 0.29) is 18.0 Å². The van der Waals surface area contributed by atoms with Crippen LogP contribution in [0, 0.1) is 5.82 Å². The number of thioether (sulfide) groups is 1. The van der Waals surface area contributed by atoms with Crippen LogP contribution in [-0.2, 0) is 18.6 Å². The molecule has 2 heterocycles. The first-order valence-electron chi connectivity index (χ1n) is 6.73. The number of carbonyl (C=O) groups excluding carboxylic acids is 1. The number of methoxy groups -OCH3 is 1. The van der Waals surface area contributed by atoms with Crippen molar-refractivity contribution >= 4 is 28.9 Å². The zero-order chi connectivity index (χ0) is 14.8. The zero-order valence-corrected chi connectivity index (χ0v) is 13.3. The molecule has 0 radical (unpaired) electrons. The Hall–Kier alpha value is -1.33. The first kappa shape index (κ1) is 14.6. The Morgan fingerprint density at radius 1 is 1.43 bits per heavy atom. The van der Waals surface area contributed by atoms with Gasteiger partial charge in [-0.15, -0.1) is 11.3 Å². The Bertz CT molecular complexity index is 655. The third-order valence-corrected chi connectivity index (χ3v) is 5.80. The van der Waals surface area contributed by atoms with Crippen LogP contribution in [0.15, 0.2) is 24.3 Å². The van der Waals surface area contributed by atoms with Crippen molar-refractivity contribution in [3.05, 3.63) is 51.0 Å². The number of hydrogen-bond donors (Lipinski definition) is 0. The molecule has 0 spiro atoms. The van der Waals surface area contributed by atoms with Crippen LogP contribution >= 0.6 is 23.1 Å². The third kappa shape index (κ3) is 2.99. The minimum absolute atomic E-state index is 0.0217. The molecule has 2 aromatic rings. The van der Waals surface area contributed by atoms with E-state index in [1.165, 1.54) is 17.6 Å². The molecular formula is C16H15FO2S2. The van der Waals surface area contributed by atoms with Gasteiger partial charge < -0.3 is 4.74 Å². The summed E-state index contributed by atoms with van der Waals surface area (Å²) < 4.78 is 19.1. The number of thiophene rings is 1. The molecule has 0 fully saturated rings. The van der Waals surface area contributed by atoms with E-state index in [9.17, 15) is 9.18 Å². The van der Waals surface area contributed by atoms with Gasteiger partial charge in [0.1, 0.15) is 0 Å². The van der Waals surface area contributed by atoms with Crippen molar-refractivity contribution in [2.24, 2.45) is 0 Å². The topological polar surface area (TPSA) is 26.3 Å². The molecule has 1 aromatic heterocycles. The van der Waals surface area contributed by atoms with Gasteiger partial charge in [0.05, 0.1) is 12.0 Å². The lowest BCUT2D eigenvalue weighted by atomic mass is 10.1. The average Bonchev–Trinajstić information content (AvgIpc) is 2.93. The molecule has 0 saturated carbocycles. The summed E-state index contributed by atoms with van der Waals surface area (Å²) in [5.41, 5.74) is 1.66. The number of halogens is 1. The first-order valence-corrected chi connectivity index (χ1v) is 8.70. The van der Waals surface area contributed by atoms with Crippen LogP contribution in [-0.4, -0.2) is 18.6 Å². The van der Waals surface area contributed by atoms with E-state index in [4.69, 9.17) is 4.74 Å². The summed E-state index contributed by atoms with van der Waals surface area (Å²) >= 11 is 3.45. The normalized spacial score (nSPS) is 13.8. The molecular weight excluding hydrogens is 307 g/mol. The highest BCUT2D eigenvalue weighted by Crippen LogP contribution is 2.32. The third-order valence-electron chi connectivity index (χ3n) is 3.52. The fourth-order valence-corrected chi connectivity index (χ4v) is 4.70. The molecule has 1 aromatic carbocycles. The number of fused-ring (bicyclic) bond motifs is 1. The van der Waals surface area contributed by atoms with Crippen molar-refractivity contribution in [3.8, 4) is 5.75 Å².